The minimum absolute atomic E-state index is 0.274. The van der Waals surface area contributed by atoms with Gasteiger partial charge >= 0.3 is 0 Å². The number of aromatic nitrogens is 3. The Labute approximate surface area is 116 Å². The van der Waals surface area contributed by atoms with E-state index in [-0.39, 0.29) is 11.8 Å². The van der Waals surface area contributed by atoms with E-state index in [4.69, 9.17) is 11.6 Å². The highest BCUT2D eigenvalue weighted by molar-refractivity contribution is 6.31. The van der Waals surface area contributed by atoms with Crippen LogP contribution in [-0.4, -0.2) is 20.7 Å². The molecule has 5 nitrogen and oxygen atoms in total. The van der Waals surface area contributed by atoms with Gasteiger partial charge in [0.2, 0.25) is 0 Å². The molecule has 0 spiro atoms. The molecule has 2 heterocycles. The molecule has 0 radical (unpaired) electrons. The summed E-state index contributed by atoms with van der Waals surface area (Å²) in [5.74, 6) is -0.0272. The zero-order valence-electron chi connectivity index (χ0n) is 11.0. The topological polar surface area (TPSA) is 59.8 Å². The highest BCUT2D eigenvalue weighted by Gasteiger charge is 2.12. The molecular weight excluding hydrogens is 264 g/mol. The molecule has 19 heavy (non-hydrogen) atoms. The number of rotatable bonds is 3. The number of aryl methyl sites for hydroxylation is 1. The summed E-state index contributed by atoms with van der Waals surface area (Å²) in [6.07, 6.45) is 4.93. The summed E-state index contributed by atoms with van der Waals surface area (Å²) in [5, 5.41) is 7.24. The van der Waals surface area contributed by atoms with Crippen molar-refractivity contribution in [3.05, 3.63) is 40.9 Å². The molecule has 0 aromatic carbocycles. The SMILES string of the molecule is CC(C)c1cnc(C(=O)Nc2cnn(C)c2)cc1Cl. The van der Waals surface area contributed by atoms with Crippen molar-refractivity contribution in [2.45, 2.75) is 19.8 Å². The molecule has 0 fully saturated rings. The van der Waals surface area contributed by atoms with E-state index in [1.807, 2.05) is 13.8 Å². The molecule has 0 aliphatic heterocycles. The van der Waals surface area contributed by atoms with Gasteiger partial charge in [-0.3, -0.25) is 14.5 Å². The largest absolute Gasteiger partial charge is 0.318 e. The molecule has 2 aromatic heterocycles. The third-order valence-corrected chi connectivity index (χ3v) is 3.03. The summed E-state index contributed by atoms with van der Waals surface area (Å²) in [6, 6.07) is 1.59. The van der Waals surface area contributed by atoms with Crippen molar-refractivity contribution in [2.24, 2.45) is 7.05 Å². The van der Waals surface area contributed by atoms with Crippen molar-refractivity contribution in [1.29, 1.82) is 0 Å². The summed E-state index contributed by atoms with van der Waals surface area (Å²) >= 11 is 6.14. The third kappa shape index (κ3) is 3.12. The van der Waals surface area contributed by atoms with Gasteiger partial charge in [-0.2, -0.15) is 5.10 Å². The lowest BCUT2D eigenvalue weighted by molar-refractivity contribution is 0.102. The Kier molecular flexibility index (Phi) is 3.85. The molecule has 1 amide bonds. The van der Waals surface area contributed by atoms with Crippen molar-refractivity contribution in [2.75, 3.05) is 5.32 Å². The van der Waals surface area contributed by atoms with E-state index in [0.717, 1.165) is 5.56 Å². The van der Waals surface area contributed by atoms with Gasteiger partial charge in [0.05, 0.1) is 11.9 Å². The molecule has 1 N–H and O–H groups in total. The molecule has 0 saturated carbocycles. The van der Waals surface area contributed by atoms with Crippen molar-refractivity contribution in [1.82, 2.24) is 14.8 Å². The van der Waals surface area contributed by atoms with Crippen molar-refractivity contribution < 1.29 is 4.79 Å². The van der Waals surface area contributed by atoms with Gasteiger partial charge < -0.3 is 5.32 Å². The minimum Gasteiger partial charge on any atom is -0.318 e. The van der Waals surface area contributed by atoms with Crippen LogP contribution in [0.1, 0.15) is 35.8 Å². The average Bonchev–Trinajstić information content (AvgIpc) is 2.74. The maximum Gasteiger partial charge on any atom is 0.274 e. The van der Waals surface area contributed by atoms with Gasteiger partial charge in [-0.05, 0) is 17.5 Å². The highest BCUT2D eigenvalue weighted by Crippen LogP contribution is 2.23. The fourth-order valence-corrected chi connectivity index (χ4v) is 2.04. The molecule has 0 unspecified atom stereocenters. The average molecular weight is 279 g/mol. The van der Waals surface area contributed by atoms with Crippen molar-refractivity contribution in [3.8, 4) is 0 Å². The van der Waals surface area contributed by atoms with E-state index in [9.17, 15) is 4.79 Å². The monoisotopic (exact) mass is 278 g/mol. The van der Waals surface area contributed by atoms with Crippen molar-refractivity contribution in [3.63, 3.8) is 0 Å². The van der Waals surface area contributed by atoms with Crippen LogP contribution in [0.15, 0.2) is 24.7 Å². The number of nitrogens with one attached hydrogen (secondary N) is 1. The van der Waals surface area contributed by atoms with E-state index >= 15 is 0 Å². The number of carbonyl (C=O) groups excluding carboxylic acids is 1. The number of carbonyl (C=O) groups is 1. The number of anilines is 1. The zero-order chi connectivity index (χ0) is 14.0. The predicted molar refractivity (Wildman–Crippen MR) is 74.5 cm³/mol. The van der Waals surface area contributed by atoms with E-state index in [2.05, 4.69) is 15.4 Å². The Morgan fingerprint density at radius 3 is 2.68 bits per heavy atom. The second-order valence-corrected chi connectivity index (χ2v) is 5.01. The van der Waals surface area contributed by atoms with Gasteiger partial charge in [-0.15, -0.1) is 0 Å². The number of hydrogen-bond donors (Lipinski definition) is 1. The first-order chi connectivity index (χ1) is 8.97. The molecular formula is C13H15ClN4O. The second kappa shape index (κ2) is 5.40. The van der Waals surface area contributed by atoms with Crippen LogP contribution in [0.4, 0.5) is 5.69 Å². The Bertz CT molecular complexity index is 606. The van der Waals surface area contributed by atoms with Crippen LogP contribution >= 0.6 is 11.6 Å². The fraction of sp³-hybridized carbons (Fsp3) is 0.308. The van der Waals surface area contributed by atoms with Gasteiger partial charge in [0.25, 0.3) is 5.91 Å². The second-order valence-electron chi connectivity index (χ2n) is 4.60. The number of nitrogens with zero attached hydrogens (tertiary/aromatic N) is 3. The lowest BCUT2D eigenvalue weighted by atomic mass is 10.1. The van der Waals surface area contributed by atoms with Crippen LogP contribution in [0.2, 0.25) is 5.02 Å². The van der Waals surface area contributed by atoms with E-state index in [0.29, 0.717) is 16.4 Å². The molecule has 0 aliphatic rings. The molecule has 0 bridgehead atoms. The van der Waals surface area contributed by atoms with Gasteiger partial charge in [0.15, 0.2) is 0 Å². The first kappa shape index (κ1) is 13.5. The summed E-state index contributed by atoms with van der Waals surface area (Å²) in [5.41, 5.74) is 1.84. The van der Waals surface area contributed by atoms with Gasteiger partial charge in [-0.25, -0.2) is 0 Å². The lowest BCUT2D eigenvalue weighted by Gasteiger charge is -2.08. The number of halogens is 1. The minimum atomic E-state index is -0.301. The maximum atomic E-state index is 12.0. The van der Waals surface area contributed by atoms with E-state index < -0.39 is 0 Å². The molecule has 2 aromatic rings. The fourth-order valence-electron chi connectivity index (χ4n) is 1.67. The van der Waals surface area contributed by atoms with Gasteiger partial charge in [0.1, 0.15) is 5.69 Å². The van der Waals surface area contributed by atoms with Gasteiger partial charge in [0, 0.05) is 24.5 Å². The Balaban J connectivity index is 2.18. The molecule has 0 atom stereocenters. The Hall–Kier alpha value is -1.88. The Morgan fingerprint density at radius 1 is 1.42 bits per heavy atom. The van der Waals surface area contributed by atoms with Crippen LogP contribution in [0.3, 0.4) is 0 Å². The van der Waals surface area contributed by atoms with Crippen LogP contribution in [0, 0.1) is 0 Å². The Morgan fingerprint density at radius 2 is 2.16 bits per heavy atom. The first-order valence-corrected chi connectivity index (χ1v) is 6.30. The molecule has 2 rings (SSSR count). The van der Waals surface area contributed by atoms with Crippen LogP contribution < -0.4 is 5.32 Å². The number of hydrogen-bond acceptors (Lipinski definition) is 3. The predicted octanol–water partition coefficient (Wildman–Crippen LogP) is 2.84. The van der Waals surface area contributed by atoms with Crippen LogP contribution in [0.5, 0.6) is 0 Å². The normalized spacial score (nSPS) is 10.8. The number of amides is 1. The first-order valence-electron chi connectivity index (χ1n) is 5.93. The van der Waals surface area contributed by atoms with Gasteiger partial charge in [-0.1, -0.05) is 25.4 Å². The highest BCUT2D eigenvalue weighted by atomic mass is 35.5. The quantitative estimate of drug-likeness (QED) is 0.939. The number of pyridine rings is 1. The van der Waals surface area contributed by atoms with Crippen molar-refractivity contribution >= 4 is 23.2 Å². The maximum absolute atomic E-state index is 12.0. The van der Waals surface area contributed by atoms with Crippen LogP contribution in [-0.2, 0) is 7.05 Å². The molecule has 0 aliphatic carbocycles. The van der Waals surface area contributed by atoms with E-state index in [1.165, 1.54) is 0 Å². The summed E-state index contributed by atoms with van der Waals surface area (Å²) in [4.78, 5) is 16.1. The lowest BCUT2D eigenvalue weighted by Crippen LogP contribution is -2.13. The summed E-state index contributed by atoms with van der Waals surface area (Å²) in [7, 11) is 1.78. The summed E-state index contributed by atoms with van der Waals surface area (Å²) < 4.78 is 1.61. The van der Waals surface area contributed by atoms with Crippen LogP contribution in [0.25, 0.3) is 0 Å². The standard InChI is InChI=1S/C13H15ClN4O/c1-8(2)10-6-15-12(4-11(10)14)13(19)17-9-5-16-18(3)7-9/h4-8H,1-3H3,(H,17,19). The summed E-state index contributed by atoms with van der Waals surface area (Å²) in [6.45, 7) is 4.05. The van der Waals surface area contributed by atoms with E-state index in [1.54, 1.807) is 36.4 Å². The molecule has 100 valence electrons. The molecule has 6 heteroatoms. The smallest absolute Gasteiger partial charge is 0.274 e. The third-order valence-electron chi connectivity index (χ3n) is 2.70. The molecule has 0 saturated heterocycles. The zero-order valence-corrected chi connectivity index (χ0v) is 11.8.